The number of methoxy groups -OCH3 is 1. The molecule has 0 radical (unpaired) electrons. The number of phenolic OH excluding ortho intramolecular Hbond substituents is 1. The van der Waals surface area contributed by atoms with Crippen LogP contribution < -0.4 is 10.1 Å². The van der Waals surface area contributed by atoms with E-state index < -0.39 is 0 Å². The highest BCUT2D eigenvalue weighted by Crippen LogP contribution is 2.34. The van der Waals surface area contributed by atoms with Crippen LogP contribution in [0.3, 0.4) is 0 Å². The Kier molecular flexibility index (Phi) is 5.21. The third kappa shape index (κ3) is 4.19. The Bertz CT molecular complexity index is 591. The van der Waals surface area contributed by atoms with Gasteiger partial charge in [-0.2, -0.15) is 0 Å². The largest absolute Gasteiger partial charge is 0.505 e. The monoisotopic (exact) mass is 325 g/mol. The summed E-state index contributed by atoms with van der Waals surface area (Å²) in [4.78, 5) is 0. The number of ether oxygens (including phenoxy) is 1. The highest BCUT2D eigenvalue weighted by Gasteiger charge is 2.09. The van der Waals surface area contributed by atoms with Gasteiger partial charge in [0.2, 0.25) is 0 Å². The lowest BCUT2D eigenvalue weighted by atomic mass is 10.1. The van der Waals surface area contributed by atoms with Crippen LogP contribution in [-0.4, -0.2) is 18.3 Å². The molecule has 0 spiro atoms. The van der Waals surface area contributed by atoms with Crippen molar-refractivity contribution in [1.82, 2.24) is 0 Å². The summed E-state index contributed by atoms with van der Waals surface area (Å²) in [6.07, 6.45) is 0.847. The summed E-state index contributed by atoms with van der Waals surface area (Å²) in [7, 11) is 1.65. The molecule has 0 aliphatic heterocycles. The molecule has 5 heteroatoms. The highest BCUT2D eigenvalue weighted by atomic mass is 35.5. The SMILES string of the molecule is COc1ccc(CC(C)Nc2cc(Cl)c(O)c(Cl)c2)cc1. The fourth-order valence-corrected chi connectivity index (χ4v) is 2.59. The van der Waals surface area contributed by atoms with Gasteiger partial charge in [-0.25, -0.2) is 0 Å². The third-order valence-corrected chi connectivity index (χ3v) is 3.71. The van der Waals surface area contributed by atoms with E-state index in [-0.39, 0.29) is 21.8 Å². The maximum Gasteiger partial charge on any atom is 0.152 e. The van der Waals surface area contributed by atoms with Crippen molar-refractivity contribution >= 4 is 28.9 Å². The summed E-state index contributed by atoms with van der Waals surface area (Å²) in [6.45, 7) is 2.07. The Morgan fingerprint density at radius 2 is 1.71 bits per heavy atom. The molecule has 0 saturated carbocycles. The standard InChI is InChI=1S/C16H17Cl2NO2/c1-10(7-11-3-5-13(21-2)6-4-11)19-12-8-14(17)16(20)15(18)9-12/h3-6,8-10,19-20H,7H2,1-2H3. The van der Waals surface area contributed by atoms with Crippen LogP contribution in [0, 0.1) is 0 Å². The number of phenols is 1. The van der Waals surface area contributed by atoms with Crippen molar-refractivity contribution < 1.29 is 9.84 Å². The second kappa shape index (κ2) is 6.92. The van der Waals surface area contributed by atoms with Crippen LogP contribution in [0.25, 0.3) is 0 Å². The first-order valence-electron chi connectivity index (χ1n) is 6.57. The predicted molar refractivity (Wildman–Crippen MR) is 87.9 cm³/mol. The van der Waals surface area contributed by atoms with Crippen molar-refractivity contribution in [3.8, 4) is 11.5 Å². The smallest absolute Gasteiger partial charge is 0.152 e. The first-order valence-corrected chi connectivity index (χ1v) is 7.32. The van der Waals surface area contributed by atoms with Crippen molar-refractivity contribution in [3.63, 3.8) is 0 Å². The molecule has 21 heavy (non-hydrogen) atoms. The van der Waals surface area contributed by atoms with Crippen LogP contribution in [0.15, 0.2) is 36.4 Å². The fourth-order valence-electron chi connectivity index (χ4n) is 2.10. The first kappa shape index (κ1) is 15.8. The Morgan fingerprint density at radius 3 is 2.24 bits per heavy atom. The number of hydrogen-bond donors (Lipinski definition) is 2. The third-order valence-electron chi connectivity index (χ3n) is 3.13. The maximum atomic E-state index is 9.55. The summed E-state index contributed by atoms with van der Waals surface area (Å²) in [5.41, 5.74) is 1.98. The van der Waals surface area contributed by atoms with E-state index in [9.17, 15) is 5.11 Å². The molecule has 0 aromatic heterocycles. The summed E-state index contributed by atoms with van der Waals surface area (Å²) in [5, 5.41) is 13.3. The Hall–Kier alpha value is -1.58. The van der Waals surface area contributed by atoms with Crippen LogP contribution >= 0.6 is 23.2 Å². The van der Waals surface area contributed by atoms with E-state index >= 15 is 0 Å². The Labute approximate surface area is 134 Å². The summed E-state index contributed by atoms with van der Waals surface area (Å²) < 4.78 is 5.14. The van der Waals surface area contributed by atoms with E-state index in [1.165, 1.54) is 5.56 Å². The number of halogens is 2. The van der Waals surface area contributed by atoms with Crippen molar-refractivity contribution in [3.05, 3.63) is 52.0 Å². The van der Waals surface area contributed by atoms with Gasteiger partial charge in [0.1, 0.15) is 5.75 Å². The van der Waals surface area contributed by atoms with Crippen LogP contribution in [0.2, 0.25) is 10.0 Å². The summed E-state index contributed by atoms with van der Waals surface area (Å²) in [6, 6.07) is 11.5. The van der Waals surface area contributed by atoms with Gasteiger partial charge in [-0.3, -0.25) is 0 Å². The molecule has 1 atom stereocenters. The van der Waals surface area contributed by atoms with Crippen LogP contribution in [0.5, 0.6) is 11.5 Å². The molecular weight excluding hydrogens is 309 g/mol. The number of nitrogens with one attached hydrogen (secondary N) is 1. The number of hydrogen-bond acceptors (Lipinski definition) is 3. The van der Waals surface area contributed by atoms with Gasteiger partial charge in [-0.15, -0.1) is 0 Å². The topological polar surface area (TPSA) is 41.5 Å². The minimum Gasteiger partial charge on any atom is -0.505 e. The molecule has 3 nitrogen and oxygen atoms in total. The van der Waals surface area contributed by atoms with Crippen LogP contribution in [0.4, 0.5) is 5.69 Å². The van der Waals surface area contributed by atoms with Crippen molar-refractivity contribution in [2.75, 3.05) is 12.4 Å². The molecule has 0 aliphatic carbocycles. The van der Waals surface area contributed by atoms with Crippen molar-refractivity contribution in [2.24, 2.45) is 0 Å². The normalized spacial score (nSPS) is 12.0. The molecule has 2 rings (SSSR count). The molecule has 0 heterocycles. The summed E-state index contributed by atoms with van der Waals surface area (Å²) >= 11 is 11.8. The molecule has 0 fully saturated rings. The van der Waals surface area contributed by atoms with Gasteiger partial charge in [-0.05, 0) is 43.2 Å². The van der Waals surface area contributed by atoms with Gasteiger partial charge in [0.25, 0.3) is 0 Å². The summed E-state index contributed by atoms with van der Waals surface area (Å²) in [5.74, 6) is 0.753. The second-order valence-electron chi connectivity index (χ2n) is 4.89. The van der Waals surface area contributed by atoms with E-state index in [4.69, 9.17) is 27.9 Å². The van der Waals surface area contributed by atoms with Gasteiger partial charge < -0.3 is 15.2 Å². The lowest BCUT2D eigenvalue weighted by molar-refractivity contribution is 0.414. The van der Waals surface area contributed by atoms with Gasteiger partial charge in [0.15, 0.2) is 5.75 Å². The second-order valence-corrected chi connectivity index (χ2v) is 5.70. The molecule has 0 aliphatic rings. The van der Waals surface area contributed by atoms with E-state index in [2.05, 4.69) is 12.2 Å². The molecule has 2 aromatic carbocycles. The van der Waals surface area contributed by atoms with E-state index in [1.807, 2.05) is 24.3 Å². The van der Waals surface area contributed by atoms with Gasteiger partial charge in [0, 0.05) is 11.7 Å². The van der Waals surface area contributed by atoms with Crippen LogP contribution in [0.1, 0.15) is 12.5 Å². The lowest BCUT2D eigenvalue weighted by Gasteiger charge is -2.16. The van der Waals surface area contributed by atoms with Gasteiger partial charge in [-0.1, -0.05) is 35.3 Å². The predicted octanol–water partition coefficient (Wildman–Crippen LogP) is 4.75. The van der Waals surface area contributed by atoms with Gasteiger partial charge in [0.05, 0.1) is 17.2 Å². The highest BCUT2D eigenvalue weighted by molar-refractivity contribution is 6.37. The fraction of sp³-hybridized carbons (Fsp3) is 0.250. The molecule has 112 valence electrons. The zero-order valence-corrected chi connectivity index (χ0v) is 13.4. The van der Waals surface area contributed by atoms with Gasteiger partial charge >= 0.3 is 0 Å². The Morgan fingerprint density at radius 1 is 1.14 bits per heavy atom. The maximum absolute atomic E-state index is 9.55. The zero-order valence-electron chi connectivity index (χ0n) is 11.9. The molecular formula is C16H17Cl2NO2. The number of aromatic hydroxyl groups is 1. The molecule has 0 bridgehead atoms. The van der Waals surface area contributed by atoms with E-state index in [0.29, 0.717) is 0 Å². The molecule has 2 N–H and O–H groups in total. The minimum absolute atomic E-state index is 0.0910. The van der Waals surface area contributed by atoms with Crippen molar-refractivity contribution in [1.29, 1.82) is 0 Å². The van der Waals surface area contributed by atoms with Crippen molar-refractivity contribution in [2.45, 2.75) is 19.4 Å². The average molecular weight is 326 g/mol. The minimum atomic E-state index is -0.0910. The number of rotatable bonds is 5. The molecule has 0 amide bonds. The number of benzene rings is 2. The first-order chi connectivity index (χ1) is 9.99. The molecule has 2 aromatic rings. The lowest BCUT2D eigenvalue weighted by Crippen LogP contribution is -2.18. The number of anilines is 1. The Balaban J connectivity index is 2.02. The van der Waals surface area contributed by atoms with Crippen LogP contribution in [-0.2, 0) is 6.42 Å². The van der Waals surface area contributed by atoms with E-state index in [0.717, 1.165) is 17.9 Å². The van der Waals surface area contributed by atoms with E-state index in [1.54, 1.807) is 19.2 Å². The zero-order chi connectivity index (χ0) is 15.4. The molecule has 0 saturated heterocycles. The average Bonchev–Trinajstić information content (AvgIpc) is 2.45. The molecule has 1 unspecified atom stereocenters. The quantitative estimate of drug-likeness (QED) is 0.779.